The molecular weight excluding hydrogens is 1200 g/mol. The summed E-state index contributed by atoms with van der Waals surface area (Å²) in [6.07, 6.45) is 52.7. The molecule has 0 aliphatic carbocycles. The molecule has 0 heterocycles. The molecule has 0 aromatic carbocycles. The lowest BCUT2D eigenvalue weighted by Crippen LogP contribution is -2.30. The summed E-state index contributed by atoms with van der Waals surface area (Å²) in [4.78, 5) is 72.5. The fourth-order valence-corrected chi connectivity index (χ4v) is 12.5. The number of hydrogen-bond acceptors (Lipinski definition) is 15. The summed E-state index contributed by atoms with van der Waals surface area (Å²) >= 11 is 0. The van der Waals surface area contributed by atoms with Crippen LogP contribution in [-0.4, -0.2) is 96.7 Å². The van der Waals surface area contributed by atoms with Crippen molar-refractivity contribution >= 4 is 39.5 Å². The molecule has 0 radical (unpaired) electrons. The third-order valence-corrected chi connectivity index (χ3v) is 19.0. The average molecular weight is 1340 g/mol. The highest BCUT2D eigenvalue weighted by Gasteiger charge is 2.30. The van der Waals surface area contributed by atoms with E-state index in [1.54, 1.807) is 0 Å². The molecule has 91 heavy (non-hydrogen) atoms. The first-order valence-corrected chi connectivity index (χ1v) is 40.7. The first kappa shape index (κ1) is 89.1. The van der Waals surface area contributed by atoms with Crippen molar-refractivity contribution in [3.05, 3.63) is 0 Å². The van der Waals surface area contributed by atoms with Crippen LogP contribution >= 0.6 is 15.6 Å². The molecule has 0 aromatic rings. The van der Waals surface area contributed by atoms with E-state index in [4.69, 9.17) is 37.0 Å². The van der Waals surface area contributed by atoms with Crippen molar-refractivity contribution in [3.63, 3.8) is 0 Å². The van der Waals surface area contributed by atoms with Gasteiger partial charge in [0.05, 0.1) is 26.4 Å². The fraction of sp³-hybridized carbons (Fsp3) is 0.944. The quantitative estimate of drug-likeness (QED) is 0.0222. The van der Waals surface area contributed by atoms with E-state index in [0.29, 0.717) is 25.7 Å². The van der Waals surface area contributed by atoms with Gasteiger partial charge >= 0.3 is 39.5 Å². The second kappa shape index (κ2) is 65.4. The third-order valence-electron chi connectivity index (χ3n) is 17.1. The number of phosphoric ester groups is 2. The Balaban J connectivity index is 5.20. The summed E-state index contributed by atoms with van der Waals surface area (Å²) in [7, 11) is -9.90. The molecule has 17 nitrogen and oxygen atoms in total. The number of ether oxygens (including phenoxy) is 4. The highest BCUT2D eigenvalue weighted by atomic mass is 31.2. The summed E-state index contributed by atoms with van der Waals surface area (Å²) < 4.78 is 68.3. The van der Waals surface area contributed by atoms with E-state index in [-0.39, 0.29) is 25.7 Å². The van der Waals surface area contributed by atoms with Crippen molar-refractivity contribution < 1.29 is 80.2 Å². The fourth-order valence-electron chi connectivity index (χ4n) is 11.0. The van der Waals surface area contributed by atoms with E-state index in [1.807, 2.05) is 0 Å². The lowest BCUT2D eigenvalue weighted by atomic mass is 9.99. The third kappa shape index (κ3) is 65.1. The minimum absolute atomic E-state index is 0.107. The first-order chi connectivity index (χ1) is 44.1. The van der Waals surface area contributed by atoms with Gasteiger partial charge in [-0.25, -0.2) is 9.13 Å². The van der Waals surface area contributed by atoms with Gasteiger partial charge in [-0.3, -0.25) is 37.3 Å². The van der Waals surface area contributed by atoms with Crippen LogP contribution in [0.5, 0.6) is 0 Å². The van der Waals surface area contributed by atoms with Gasteiger partial charge in [-0.2, -0.15) is 0 Å². The zero-order valence-corrected chi connectivity index (χ0v) is 60.8. The van der Waals surface area contributed by atoms with E-state index in [2.05, 4.69) is 34.6 Å². The molecule has 0 amide bonds. The summed E-state index contributed by atoms with van der Waals surface area (Å²) in [6.45, 7) is 7.28. The van der Waals surface area contributed by atoms with Crippen molar-refractivity contribution in [1.82, 2.24) is 0 Å². The number of hydrogen-bond donors (Lipinski definition) is 3. The monoisotopic (exact) mass is 1340 g/mol. The summed E-state index contributed by atoms with van der Waals surface area (Å²) in [5, 5.41) is 10.6. The lowest BCUT2D eigenvalue weighted by Gasteiger charge is -2.21. The minimum atomic E-state index is -4.95. The van der Waals surface area contributed by atoms with E-state index in [1.165, 1.54) is 186 Å². The number of unbranched alkanes of at least 4 members (excludes halogenated alkanes) is 43. The number of rotatable bonds is 72. The van der Waals surface area contributed by atoms with Crippen LogP contribution in [0.25, 0.3) is 0 Å². The molecule has 0 spiro atoms. The second-order valence-corrected chi connectivity index (χ2v) is 29.1. The molecule has 0 rings (SSSR count). The SMILES string of the molecule is CCCCCCCCCCCCCCCCC(=O)OC[C@H](COP(=O)(O)OC[C@@H](O)COP(=O)(O)OC[C@@H](COC(=O)CCCCCCCCC)OC(=O)CCCCCCCCCCCCCC)OC(=O)CCCCCCCCCCCCCCCCC(C)CC. The van der Waals surface area contributed by atoms with E-state index in [0.717, 1.165) is 109 Å². The van der Waals surface area contributed by atoms with Crippen LogP contribution in [0.15, 0.2) is 0 Å². The first-order valence-electron chi connectivity index (χ1n) is 37.7. The average Bonchev–Trinajstić information content (AvgIpc) is 3.60. The Morgan fingerprint density at radius 1 is 0.308 bits per heavy atom. The number of aliphatic hydroxyl groups excluding tert-OH is 1. The maximum atomic E-state index is 13.0. The zero-order valence-electron chi connectivity index (χ0n) is 59.0. The summed E-state index contributed by atoms with van der Waals surface area (Å²) in [5.74, 6) is -1.28. The minimum Gasteiger partial charge on any atom is -0.462 e. The number of esters is 4. The van der Waals surface area contributed by atoms with Crippen LogP contribution in [0, 0.1) is 5.92 Å². The predicted molar refractivity (Wildman–Crippen MR) is 368 cm³/mol. The molecule has 0 aliphatic rings. The Kier molecular flexibility index (Phi) is 64.0. The van der Waals surface area contributed by atoms with Gasteiger partial charge in [0.15, 0.2) is 12.2 Å². The topological polar surface area (TPSA) is 237 Å². The van der Waals surface area contributed by atoms with Crippen molar-refractivity contribution in [2.24, 2.45) is 5.92 Å². The van der Waals surface area contributed by atoms with Crippen molar-refractivity contribution in [3.8, 4) is 0 Å². The zero-order chi connectivity index (χ0) is 67.0. The van der Waals surface area contributed by atoms with Gasteiger partial charge < -0.3 is 33.8 Å². The van der Waals surface area contributed by atoms with Gasteiger partial charge in [0, 0.05) is 25.7 Å². The number of phosphoric acid groups is 2. The van der Waals surface area contributed by atoms with Crippen molar-refractivity contribution in [2.45, 2.75) is 393 Å². The largest absolute Gasteiger partial charge is 0.472 e. The van der Waals surface area contributed by atoms with Crippen molar-refractivity contribution in [1.29, 1.82) is 0 Å². The molecule has 0 aromatic heterocycles. The molecule has 19 heteroatoms. The molecule has 3 N–H and O–H groups in total. The van der Waals surface area contributed by atoms with Gasteiger partial charge in [0.1, 0.15) is 19.3 Å². The molecule has 0 saturated heterocycles. The maximum absolute atomic E-state index is 13.0. The van der Waals surface area contributed by atoms with Crippen molar-refractivity contribution in [2.75, 3.05) is 39.6 Å². The van der Waals surface area contributed by atoms with Crippen LogP contribution in [0.2, 0.25) is 0 Å². The van der Waals surface area contributed by atoms with Gasteiger partial charge in [0.25, 0.3) is 0 Å². The van der Waals surface area contributed by atoms with Crippen LogP contribution in [0.4, 0.5) is 0 Å². The normalized spacial score (nSPS) is 14.3. The second-order valence-electron chi connectivity index (χ2n) is 26.2. The van der Waals surface area contributed by atoms with E-state index >= 15 is 0 Å². The molecule has 0 aliphatic heterocycles. The van der Waals surface area contributed by atoms with Crippen LogP contribution in [-0.2, 0) is 65.4 Å². The van der Waals surface area contributed by atoms with E-state index < -0.39 is 97.5 Å². The highest BCUT2D eigenvalue weighted by molar-refractivity contribution is 7.47. The maximum Gasteiger partial charge on any atom is 0.472 e. The number of carbonyl (C=O) groups excluding carboxylic acids is 4. The van der Waals surface area contributed by atoms with Gasteiger partial charge in [-0.15, -0.1) is 0 Å². The molecule has 6 atom stereocenters. The van der Waals surface area contributed by atoms with Crippen LogP contribution in [0.1, 0.15) is 375 Å². The molecular formula is C72H140O17P2. The predicted octanol–water partition coefficient (Wildman–Crippen LogP) is 20.9. The van der Waals surface area contributed by atoms with Gasteiger partial charge in [0.2, 0.25) is 0 Å². The Hall–Kier alpha value is -1.94. The van der Waals surface area contributed by atoms with Gasteiger partial charge in [-0.1, -0.05) is 324 Å². The Morgan fingerprint density at radius 2 is 0.527 bits per heavy atom. The number of carbonyl (C=O) groups is 4. The Labute approximate surface area is 556 Å². The standard InChI is InChI=1S/C72H140O17P2/c1-6-10-13-16-19-21-23-25-29-33-36-41-46-51-56-70(75)83-62-68(89-72(77)58-53-48-43-38-34-30-27-26-28-31-35-40-44-49-54-65(5)9-4)64-87-91(80,81)85-60-66(73)59-84-90(78,79)86-63-67(61-82-69(74)55-50-45-39-18-15-12-8-3)88-71(76)57-52-47-42-37-32-24-22-20-17-14-11-7-2/h65-68,73H,6-64H2,1-5H3,(H,78,79)(H,80,81)/t65?,66-,67+,68+/m0/s1. The van der Waals surface area contributed by atoms with Gasteiger partial charge in [-0.05, 0) is 31.6 Å². The molecule has 3 unspecified atom stereocenters. The number of aliphatic hydroxyl groups is 1. The Morgan fingerprint density at radius 3 is 0.780 bits per heavy atom. The smallest absolute Gasteiger partial charge is 0.462 e. The summed E-state index contributed by atoms with van der Waals surface area (Å²) in [6, 6.07) is 0. The molecule has 540 valence electrons. The Bertz CT molecular complexity index is 1760. The molecule has 0 fully saturated rings. The highest BCUT2D eigenvalue weighted by Crippen LogP contribution is 2.45. The van der Waals surface area contributed by atoms with Crippen LogP contribution in [0.3, 0.4) is 0 Å². The van der Waals surface area contributed by atoms with Crippen LogP contribution < -0.4 is 0 Å². The summed E-state index contributed by atoms with van der Waals surface area (Å²) in [5.41, 5.74) is 0. The van der Waals surface area contributed by atoms with E-state index in [9.17, 15) is 43.2 Å². The lowest BCUT2D eigenvalue weighted by molar-refractivity contribution is -0.161. The molecule has 0 bridgehead atoms. The molecule has 0 saturated carbocycles.